The number of carbonyl (C=O) groups is 2. The molecular weight excluding hydrogens is 462 g/mol. The number of fused-ring (bicyclic) bond motifs is 1. The van der Waals surface area contributed by atoms with Crippen LogP contribution < -0.4 is 15.0 Å². The number of H-pyrrole nitrogens is 1. The molecule has 9 heteroatoms. The normalized spacial score (nSPS) is 15.6. The third kappa shape index (κ3) is 4.45. The highest BCUT2D eigenvalue weighted by Crippen LogP contribution is 2.34. The minimum atomic E-state index is -0.776. The first-order valence-electron chi connectivity index (χ1n) is 11.1. The molecule has 1 fully saturated rings. The van der Waals surface area contributed by atoms with Crippen LogP contribution in [0.5, 0.6) is 5.75 Å². The molecule has 0 aliphatic carbocycles. The molecule has 0 radical (unpaired) electrons. The number of nitrogens with one attached hydrogen (secondary N) is 2. The number of nitrogens with zero attached hydrogens (tertiary/aromatic N) is 3. The molecule has 35 heavy (non-hydrogen) atoms. The summed E-state index contributed by atoms with van der Waals surface area (Å²) in [5.74, 6) is -0.0395. The standard InChI is InChI=1S/C26H23N5O3S/c1-34-23-7-3-2-6-21(23)31-25(33)22(30(26(31)35)16-17-5-4-11-27-15-17)14-24(32)29-19-9-8-18-10-12-28-20(18)13-19/h2-13,15,22,28H,14,16H2,1H3,(H,29,32). The highest BCUT2D eigenvalue weighted by Gasteiger charge is 2.45. The number of thiocarbonyl (C=S) groups is 1. The van der Waals surface area contributed by atoms with E-state index >= 15 is 0 Å². The molecule has 8 nitrogen and oxygen atoms in total. The number of pyridine rings is 1. The number of methoxy groups -OCH3 is 1. The molecule has 0 bridgehead atoms. The Hall–Kier alpha value is -4.24. The van der Waals surface area contributed by atoms with Gasteiger partial charge >= 0.3 is 0 Å². The van der Waals surface area contributed by atoms with Gasteiger partial charge < -0.3 is 19.9 Å². The number of aromatic nitrogens is 2. The highest BCUT2D eigenvalue weighted by atomic mass is 32.1. The van der Waals surface area contributed by atoms with E-state index < -0.39 is 6.04 Å². The highest BCUT2D eigenvalue weighted by molar-refractivity contribution is 7.80. The Kier molecular flexibility index (Phi) is 6.15. The summed E-state index contributed by atoms with van der Waals surface area (Å²) in [4.78, 5) is 37.2. The number of ether oxygens (including phenoxy) is 1. The van der Waals surface area contributed by atoms with Gasteiger partial charge in [-0.2, -0.15) is 0 Å². The molecule has 1 unspecified atom stereocenters. The van der Waals surface area contributed by atoms with Crippen molar-refractivity contribution in [3.63, 3.8) is 0 Å². The molecule has 1 saturated heterocycles. The van der Waals surface area contributed by atoms with Crippen LogP contribution in [0, 0.1) is 0 Å². The predicted octanol–water partition coefficient (Wildman–Crippen LogP) is 4.10. The molecule has 2 amide bonds. The fourth-order valence-electron chi connectivity index (χ4n) is 4.25. The maximum Gasteiger partial charge on any atom is 0.256 e. The van der Waals surface area contributed by atoms with Gasteiger partial charge in [0, 0.05) is 36.3 Å². The Bertz CT molecular complexity index is 1400. The fraction of sp³-hybridized carbons (Fsp3) is 0.154. The molecule has 2 N–H and O–H groups in total. The Morgan fingerprint density at radius 3 is 2.83 bits per heavy atom. The lowest BCUT2D eigenvalue weighted by Gasteiger charge is -2.24. The zero-order valence-electron chi connectivity index (χ0n) is 19.0. The lowest BCUT2D eigenvalue weighted by atomic mass is 10.1. The van der Waals surface area contributed by atoms with E-state index in [2.05, 4.69) is 15.3 Å². The Morgan fingerprint density at radius 2 is 2.03 bits per heavy atom. The molecule has 5 rings (SSSR count). The summed E-state index contributed by atoms with van der Waals surface area (Å²) >= 11 is 5.75. The predicted molar refractivity (Wildman–Crippen MR) is 138 cm³/mol. The minimum Gasteiger partial charge on any atom is -0.495 e. The number of para-hydroxylation sites is 2. The minimum absolute atomic E-state index is 0.0619. The van der Waals surface area contributed by atoms with E-state index in [1.54, 1.807) is 36.5 Å². The molecule has 1 atom stereocenters. The molecule has 0 saturated carbocycles. The molecule has 176 valence electrons. The van der Waals surface area contributed by atoms with Crippen LogP contribution in [0.25, 0.3) is 10.9 Å². The number of hydrogen-bond acceptors (Lipinski definition) is 5. The van der Waals surface area contributed by atoms with Gasteiger partial charge in [-0.3, -0.25) is 19.5 Å². The molecule has 2 aromatic heterocycles. The molecule has 4 aromatic rings. The summed E-state index contributed by atoms with van der Waals surface area (Å²) in [6, 6.07) is 17.7. The first-order chi connectivity index (χ1) is 17.0. The zero-order chi connectivity index (χ0) is 24.4. The van der Waals surface area contributed by atoms with E-state index in [4.69, 9.17) is 17.0 Å². The van der Waals surface area contributed by atoms with Crippen LogP contribution in [0.3, 0.4) is 0 Å². The van der Waals surface area contributed by atoms with Gasteiger partial charge in [-0.05, 0) is 59.6 Å². The summed E-state index contributed by atoms with van der Waals surface area (Å²) in [7, 11) is 1.54. The molecule has 3 heterocycles. The number of aromatic amines is 1. The van der Waals surface area contributed by atoms with E-state index in [0.717, 1.165) is 16.5 Å². The molecule has 0 spiro atoms. The first-order valence-corrected chi connectivity index (χ1v) is 11.5. The third-order valence-corrected chi connectivity index (χ3v) is 6.36. The average molecular weight is 486 g/mol. The van der Waals surface area contributed by atoms with E-state index in [1.165, 1.54) is 4.90 Å². The van der Waals surface area contributed by atoms with E-state index in [-0.39, 0.29) is 18.2 Å². The van der Waals surface area contributed by atoms with Gasteiger partial charge in [0.25, 0.3) is 5.91 Å². The second-order valence-electron chi connectivity index (χ2n) is 8.17. The van der Waals surface area contributed by atoms with Gasteiger partial charge in [-0.15, -0.1) is 0 Å². The summed E-state index contributed by atoms with van der Waals surface area (Å²) < 4.78 is 5.47. The number of amides is 2. The van der Waals surface area contributed by atoms with Crippen molar-refractivity contribution in [2.75, 3.05) is 17.3 Å². The Labute approximate surface area is 207 Å². The van der Waals surface area contributed by atoms with Crippen molar-refractivity contribution >= 4 is 51.4 Å². The lowest BCUT2D eigenvalue weighted by molar-refractivity contribution is -0.124. The third-order valence-electron chi connectivity index (χ3n) is 5.94. The van der Waals surface area contributed by atoms with Crippen LogP contribution >= 0.6 is 12.2 Å². The smallest absolute Gasteiger partial charge is 0.256 e. The summed E-state index contributed by atoms with van der Waals surface area (Å²) in [6.45, 7) is 0.344. The van der Waals surface area contributed by atoms with Crippen molar-refractivity contribution in [3.8, 4) is 5.75 Å². The van der Waals surface area contributed by atoms with Gasteiger partial charge in [-0.25, -0.2) is 0 Å². The second kappa shape index (κ2) is 9.55. The van der Waals surface area contributed by atoms with Gasteiger partial charge in [0.2, 0.25) is 5.91 Å². The summed E-state index contributed by atoms with van der Waals surface area (Å²) in [6.07, 6.45) is 5.19. The summed E-state index contributed by atoms with van der Waals surface area (Å²) in [5, 5.41) is 4.28. The lowest BCUT2D eigenvalue weighted by Crippen LogP contribution is -2.37. The van der Waals surface area contributed by atoms with E-state index in [9.17, 15) is 9.59 Å². The van der Waals surface area contributed by atoms with Crippen LogP contribution in [-0.4, -0.2) is 44.9 Å². The van der Waals surface area contributed by atoms with Crippen LogP contribution in [0.2, 0.25) is 0 Å². The van der Waals surface area contributed by atoms with Crippen molar-refractivity contribution in [1.29, 1.82) is 0 Å². The van der Waals surface area contributed by atoms with Crippen LogP contribution in [0.4, 0.5) is 11.4 Å². The van der Waals surface area contributed by atoms with Crippen LogP contribution in [-0.2, 0) is 16.1 Å². The van der Waals surface area contributed by atoms with E-state index in [1.807, 2.05) is 54.7 Å². The number of hydrogen-bond donors (Lipinski definition) is 2. The van der Waals surface area contributed by atoms with E-state index in [0.29, 0.717) is 28.8 Å². The molecule has 2 aromatic carbocycles. The number of rotatable bonds is 7. The Balaban J connectivity index is 1.42. The number of carbonyl (C=O) groups excluding carboxylic acids is 2. The van der Waals surface area contributed by atoms with Gasteiger partial charge in [0.15, 0.2) is 5.11 Å². The summed E-state index contributed by atoms with van der Waals surface area (Å²) in [5.41, 5.74) is 2.99. The first kappa shape index (κ1) is 22.5. The SMILES string of the molecule is COc1ccccc1N1C(=O)C(CC(=O)Nc2ccc3cc[nH]c3c2)N(Cc2cccnc2)C1=S. The van der Waals surface area contributed by atoms with Gasteiger partial charge in [-0.1, -0.05) is 24.3 Å². The monoisotopic (exact) mass is 485 g/mol. The Morgan fingerprint density at radius 1 is 1.17 bits per heavy atom. The quantitative estimate of drug-likeness (QED) is 0.383. The maximum atomic E-state index is 13.7. The van der Waals surface area contributed by atoms with Crippen molar-refractivity contribution < 1.29 is 14.3 Å². The fourth-order valence-corrected chi connectivity index (χ4v) is 4.63. The average Bonchev–Trinajstić information content (AvgIpc) is 3.42. The molecule has 1 aliphatic rings. The number of benzene rings is 2. The van der Waals surface area contributed by atoms with Crippen molar-refractivity contribution in [1.82, 2.24) is 14.9 Å². The largest absolute Gasteiger partial charge is 0.495 e. The van der Waals surface area contributed by atoms with Crippen molar-refractivity contribution in [2.45, 2.75) is 19.0 Å². The molecular formula is C26H23N5O3S. The van der Waals surface area contributed by atoms with Gasteiger partial charge in [0.05, 0.1) is 19.2 Å². The maximum absolute atomic E-state index is 13.7. The zero-order valence-corrected chi connectivity index (χ0v) is 19.8. The topological polar surface area (TPSA) is 90.6 Å². The van der Waals surface area contributed by atoms with Crippen molar-refractivity contribution in [3.05, 3.63) is 84.8 Å². The molecule has 1 aliphatic heterocycles. The second-order valence-corrected chi connectivity index (χ2v) is 8.53. The van der Waals surface area contributed by atoms with Crippen molar-refractivity contribution in [2.24, 2.45) is 0 Å². The van der Waals surface area contributed by atoms with Crippen LogP contribution in [0.1, 0.15) is 12.0 Å². The van der Waals surface area contributed by atoms with Gasteiger partial charge in [0.1, 0.15) is 11.8 Å². The number of anilines is 2. The van der Waals surface area contributed by atoms with Crippen LogP contribution in [0.15, 0.2) is 79.3 Å².